The number of hydrogen-bond acceptors (Lipinski definition) is 6. The first kappa shape index (κ1) is 23.0. The molecule has 3 aromatic rings. The molecule has 1 N–H and O–H groups in total. The van der Waals surface area contributed by atoms with Crippen molar-refractivity contribution in [2.75, 3.05) is 6.79 Å². The molecule has 1 unspecified atom stereocenters. The highest BCUT2D eigenvalue weighted by atomic mass is 19.4. The summed E-state index contributed by atoms with van der Waals surface area (Å²) in [5, 5.41) is 2.62. The zero-order valence-corrected chi connectivity index (χ0v) is 17.7. The second kappa shape index (κ2) is 9.77. The number of nitrogens with one attached hydrogen (secondary N) is 1. The van der Waals surface area contributed by atoms with Crippen molar-refractivity contribution in [3.63, 3.8) is 0 Å². The van der Waals surface area contributed by atoms with Crippen LogP contribution in [-0.4, -0.2) is 39.7 Å². The molecule has 0 spiro atoms. The monoisotopic (exact) mass is 472 g/mol. The molecule has 0 fully saturated rings. The van der Waals surface area contributed by atoms with Gasteiger partial charge >= 0.3 is 12.1 Å². The second-order valence-corrected chi connectivity index (χ2v) is 7.38. The maximum atomic E-state index is 13.6. The number of amides is 2. The average Bonchev–Trinajstić information content (AvgIpc) is 3.31. The number of ether oxygens (including phenoxy) is 2. The van der Waals surface area contributed by atoms with E-state index in [1.54, 1.807) is 12.1 Å². The van der Waals surface area contributed by atoms with Crippen LogP contribution in [0.25, 0.3) is 0 Å². The molecule has 1 aromatic carbocycles. The maximum Gasteiger partial charge on any atom is 0.471 e. The molecule has 0 saturated heterocycles. The minimum Gasteiger partial charge on any atom is -0.454 e. The van der Waals surface area contributed by atoms with E-state index in [4.69, 9.17) is 9.47 Å². The highest BCUT2D eigenvalue weighted by Gasteiger charge is 2.46. The summed E-state index contributed by atoms with van der Waals surface area (Å²) in [7, 11) is 0. The number of fused-ring (bicyclic) bond motifs is 1. The number of halogens is 3. The molecule has 2 aromatic heterocycles. The van der Waals surface area contributed by atoms with Gasteiger partial charge in [-0.05, 0) is 47.0 Å². The molecule has 1 atom stereocenters. The Morgan fingerprint density at radius 3 is 2.47 bits per heavy atom. The molecule has 0 aliphatic carbocycles. The van der Waals surface area contributed by atoms with Crippen LogP contribution in [0.2, 0.25) is 0 Å². The van der Waals surface area contributed by atoms with Gasteiger partial charge in [-0.1, -0.05) is 12.1 Å². The lowest BCUT2D eigenvalue weighted by molar-refractivity contribution is -0.189. The first-order valence-corrected chi connectivity index (χ1v) is 10.2. The summed E-state index contributed by atoms with van der Waals surface area (Å²) in [6.45, 7) is -0.518. The lowest BCUT2D eigenvalue weighted by Crippen LogP contribution is -2.48. The van der Waals surface area contributed by atoms with Crippen LogP contribution in [0.15, 0.2) is 67.3 Å². The van der Waals surface area contributed by atoms with Crippen LogP contribution in [0.3, 0.4) is 0 Å². The van der Waals surface area contributed by atoms with Crippen LogP contribution in [0.5, 0.6) is 11.5 Å². The first-order chi connectivity index (χ1) is 16.3. The van der Waals surface area contributed by atoms with Gasteiger partial charge in [0.15, 0.2) is 11.5 Å². The van der Waals surface area contributed by atoms with Crippen molar-refractivity contribution in [3.05, 3.63) is 83.9 Å². The number of rotatable bonds is 7. The molecular weight excluding hydrogens is 453 g/mol. The number of carbonyl (C=O) groups excluding carboxylic acids is 2. The summed E-state index contributed by atoms with van der Waals surface area (Å²) in [4.78, 5) is 34.1. The number of carbonyl (C=O) groups is 2. The lowest BCUT2D eigenvalue weighted by atomic mass is 10.0. The minimum absolute atomic E-state index is 0.0311. The normalized spacial score (nSPS) is 13.3. The van der Waals surface area contributed by atoms with Gasteiger partial charge < -0.3 is 19.7 Å². The van der Waals surface area contributed by atoms with Gasteiger partial charge in [0.1, 0.15) is 6.04 Å². The van der Waals surface area contributed by atoms with E-state index in [0.717, 1.165) is 0 Å². The number of alkyl halides is 3. The highest BCUT2D eigenvalue weighted by molar-refractivity contribution is 5.91. The predicted octanol–water partition coefficient (Wildman–Crippen LogP) is 3.15. The lowest BCUT2D eigenvalue weighted by Gasteiger charge is -2.32. The van der Waals surface area contributed by atoms with E-state index >= 15 is 0 Å². The smallest absolute Gasteiger partial charge is 0.454 e. The van der Waals surface area contributed by atoms with Crippen LogP contribution in [0.4, 0.5) is 13.2 Å². The van der Waals surface area contributed by atoms with Crippen molar-refractivity contribution in [2.45, 2.75) is 25.3 Å². The largest absolute Gasteiger partial charge is 0.471 e. The summed E-state index contributed by atoms with van der Waals surface area (Å²) in [6.07, 6.45) is 0.637. The first-order valence-electron chi connectivity index (χ1n) is 10.2. The Bertz CT molecular complexity index is 1160. The van der Waals surface area contributed by atoms with Crippen LogP contribution in [0.1, 0.15) is 22.7 Å². The summed E-state index contributed by atoms with van der Waals surface area (Å²) in [5.41, 5.74) is 1.15. The fourth-order valence-electron chi connectivity index (χ4n) is 3.47. The topological polar surface area (TPSA) is 93.7 Å². The molecule has 34 heavy (non-hydrogen) atoms. The zero-order valence-electron chi connectivity index (χ0n) is 17.7. The Hall–Kier alpha value is -4.15. The average molecular weight is 472 g/mol. The van der Waals surface area contributed by atoms with E-state index in [-0.39, 0.29) is 24.7 Å². The van der Waals surface area contributed by atoms with E-state index in [1.165, 1.54) is 55.1 Å². The van der Waals surface area contributed by atoms with Crippen LogP contribution in [-0.2, 0) is 22.7 Å². The number of pyridine rings is 2. The number of nitrogens with zero attached hydrogens (tertiary/aromatic N) is 3. The highest BCUT2D eigenvalue weighted by Crippen LogP contribution is 2.37. The van der Waals surface area contributed by atoms with Crippen molar-refractivity contribution in [2.24, 2.45) is 0 Å². The molecule has 1 aliphatic heterocycles. The van der Waals surface area contributed by atoms with Crippen LogP contribution in [0, 0.1) is 0 Å². The summed E-state index contributed by atoms with van der Waals surface area (Å²) in [5.74, 6) is -2.29. The van der Waals surface area contributed by atoms with Gasteiger partial charge in [-0.2, -0.15) is 13.2 Å². The summed E-state index contributed by atoms with van der Waals surface area (Å²) in [6, 6.07) is 9.09. The number of hydrogen-bond donors (Lipinski definition) is 1. The third-order valence-corrected chi connectivity index (χ3v) is 5.07. The van der Waals surface area contributed by atoms with Gasteiger partial charge in [-0.25, -0.2) is 0 Å². The molecule has 8 nitrogen and oxygen atoms in total. The van der Waals surface area contributed by atoms with E-state index in [9.17, 15) is 22.8 Å². The quantitative estimate of drug-likeness (QED) is 0.568. The number of aromatic nitrogens is 2. The van der Waals surface area contributed by atoms with Gasteiger partial charge in [0.25, 0.3) is 0 Å². The van der Waals surface area contributed by atoms with Gasteiger partial charge in [-0.15, -0.1) is 0 Å². The predicted molar refractivity (Wildman–Crippen MR) is 112 cm³/mol. The molecule has 1 aliphatic rings. The van der Waals surface area contributed by atoms with Crippen molar-refractivity contribution in [3.8, 4) is 11.5 Å². The van der Waals surface area contributed by atoms with E-state index in [2.05, 4.69) is 15.3 Å². The second-order valence-electron chi connectivity index (χ2n) is 7.38. The molecule has 176 valence electrons. The van der Waals surface area contributed by atoms with Crippen molar-refractivity contribution in [1.82, 2.24) is 20.2 Å². The standard InChI is InChI=1S/C23H19F3N4O4/c24-23(25,26)22(32)30(13-16-2-1-7-28-11-16)20(17-3-4-18-19(10-17)34-14-33-18)21(31)29-12-15-5-8-27-9-6-15/h1-11,20H,12-14H2,(H,29,31). The van der Waals surface area contributed by atoms with Crippen molar-refractivity contribution < 1.29 is 32.2 Å². The third kappa shape index (κ3) is 5.25. The molecule has 0 bridgehead atoms. The Morgan fingerprint density at radius 1 is 1.00 bits per heavy atom. The summed E-state index contributed by atoms with van der Waals surface area (Å²) >= 11 is 0. The van der Waals surface area contributed by atoms with E-state index in [0.29, 0.717) is 21.8 Å². The minimum atomic E-state index is -5.21. The van der Waals surface area contributed by atoms with Crippen molar-refractivity contribution in [1.29, 1.82) is 0 Å². The molecule has 3 heterocycles. The molecular formula is C23H19F3N4O4. The Balaban J connectivity index is 1.72. The van der Waals surface area contributed by atoms with E-state index < -0.39 is 30.6 Å². The van der Waals surface area contributed by atoms with Crippen LogP contribution >= 0.6 is 0 Å². The van der Waals surface area contributed by atoms with Crippen molar-refractivity contribution >= 4 is 11.8 Å². The van der Waals surface area contributed by atoms with Crippen LogP contribution < -0.4 is 14.8 Å². The molecule has 11 heteroatoms. The SMILES string of the molecule is O=C(NCc1ccncc1)C(c1ccc2c(c1)OCO2)N(Cc1cccnc1)C(=O)C(F)(F)F. The van der Waals surface area contributed by atoms with Gasteiger partial charge in [0, 0.05) is 37.9 Å². The fraction of sp³-hybridized carbons (Fsp3) is 0.217. The Morgan fingerprint density at radius 2 is 1.76 bits per heavy atom. The molecule has 0 saturated carbocycles. The van der Waals surface area contributed by atoms with E-state index in [1.807, 2.05) is 0 Å². The number of benzene rings is 1. The van der Waals surface area contributed by atoms with Gasteiger partial charge in [0.05, 0.1) is 0 Å². The molecule has 2 amide bonds. The zero-order chi connectivity index (χ0) is 24.1. The van der Waals surface area contributed by atoms with Gasteiger partial charge in [-0.3, -0.25) is 19.6 Å². The Labute approximate surface area is 192 Å². The third-order valence-electron chi connectivity index (χ3n) is 5.07. The Kier molecular flexibility index (Phi) is 6.62. The summed E-state index contributed by atoms with van der Waals surface area (Å²) < 4.78 is 51.5. The molecule has 4 rings (SSSR count). The molecule has 0 radical (unpaired) electrons. The maximum absolute atomic E-state index is 13.6. The fourth-order valence-corrected chi connectivity index (χ4v) is 3.47. The van der Waals surface area contributed by atoms with Gasteiger partial charge in [0.2, 0.25) is 12.7 Å².